The zero-order valence-corrected chi connectivity index (χ0v) is 11.2. The molecule has 108 valence electrons. The zero-order chi connectivity index (χ0) is 15.5. The van der Waals surface area contributed by atoms with Crippen LogP contribution in [0.2, 0.25) is 0 Å². The van der Waals surface area contributed by atoms with Crippen LogP contribution >= 0.6 is 0 Å². The smallest absolute Gasteiger partial charge is 0.380 e. The van der Waals surface area contributed by atoms with Crippen molar-refractivity contribution in [3.63, 3.8) is 0 Å². The van der Waals surface area contributed by atoms with Gasteiger partial charge in [0.15, 0.2) is 0 Å². The third-order valence-electron chi connectivity index (χ3n) is 3.08. The molecule has 3 nitrogen and oxygen atoms in total. The van der Waals surface area contributed by atoms with Gasteiger partial charge in [-0.2, -0.15) is 18.4 Å². The predicted molar refractivity (Wildman–Crippen MR) is 72.5 cm³/mol. The van der Waals surface area contributed by atoms with E-state index >= 15 is 0 Å². The average Bonchev–Trinajstić information content (AvgIpc) is 2.45. The Morgan fingerprint density at radius 2 is 2.05 bits per heavy atom. The molecule has 0 spiro atoms. The molecule has 0 saturated heterocycles. The van der Waals surface area contributed by atoms with Gasteiger partial charge in [0.1, 0.15) is 6.07 Å². The minimum Gasteiger partial charge on any atom is -0.380 e. The number of aromatic nitrogens is 1. The molecule has 2 aromatic rings. The number of alkyl halides is 3. The number of nitriles is 1. The molecular weight excluding hydrogens is 279 g/mol. The number of benzene rings is 1. The van der Waals surface area contributed by atoms with E-state index in [2.05, 4.69) is 10.3 Å². The standard InChI is InChI=1S/C15H12F3N3/c1-10-4-5-20-8-12(10)9-21-14-3-2-13(15(16,17)18)6-11(14)7-19/h2-6,8,21H,9H2,1H3. The summed E-state index contributed by atoms with van der Waals surface area (Å²) in [5.41, 5.74) is 1.44. The van der Waals surface area contributed by atoms with Crippen LogP contribution in [-0.4, -0.2) is 4.98 Å². The lowest BCUT2D eigenvalue weighted by Gasteiger charge is -2.12. The van der Waals surface area contributed by atoms with Gasteiger partial charge in [-0.3, -0.25) is 4.98 Å². The highest BCUT2D eigenvalue weighted by Crippen LogP contribution is 2.31. The highest BCUT2D eigenvalue weighted by atomic mass is 19.4. The van der Waals surface area contributed by atoms with Crippen LogP contribution < -0.4 is 5.32 Å². The van der Waals surface area contributed by atoms with Crippen molar-refractivity contribution < 1.29 is 13.2 Å². The Morgan fingerprint density at radius 1 is 1.29 bits per heavy atom. The molecule has 1 N–H and O–H groups in total. The fourth-order valence-corrected chi connectivity index (χ4v) is 1.84. The maximum atomic E-state index is 12.6. The van der Waals surface area contributed by atoms with Crippen LogP contribution in [0.15, 0.2) is 36.7 Å². The molecule has 0 unspecified atom stereocenters. The first-order valence-electron chi connectivity index (χ1n) is 6.16. The number of pyridine rings is 1. The molecule has 0 aliphatic rings. The molecular formula is C15H12F3N3. The molecule has 0 aliphatic heterocycles. The normalized spacial score (nSPS) is 11.0. The lowest BCUT2D eigenvalue weighted by molar-refractivity contribution is -0.137. The number of rotatable bonds is 3. The maximum Gasteiger partial charge on any atom is 0.416 e. The second-order valence-corrected chi connectivity index (χ2v) is 4.53. The van der Waals surface area contributed by atoms with E-state index in [4.69, 9.17) is 5.26 Å². The molecule has 0 saturated carbocycles. The average molecular weight is 291 g/mol. The molecule has 0 radical (unpaired) electrons. The van der Waals surface area contributed by atoms with Gasteiger partial charge in [-0.15, -0.1) is 0 Å². The van der Waals surface area contributed by atoms with Gasteiger partial charge >= 0.3 is 6.18 Å². The molecule has 0 fully saturated rings. The fourth-order valence-electron chi connectivity index (χ4n) is 1.84. The van der Waals surface area contributed by atoms with Crippen LogP contribution in [0.5, 0.6) is 0 Å². The van der Waals surface area contributed by atoms with Crippen LogP contribution in [0.25, 0.3) is 0 Å². The molecule has 0 bridgehead atoms. The molecule has 0 amide bonds. The van der Waals surface area contributed by atoms with Gasteiger partial charge in [-0.05, 0) is 42.3 Å². The topological polar surface area (TPSA) is 48.7 Å². The van der Waals surface area contributed by atoms with E-state index in [1.807, 2.05) is 13.0 Å². The Bertz CT molecular complexity index is 687. The third-order valence-corrected chi connectivity index (χ3v) is 3.08. The molecule has 1 aromatic heterocycles. The first kappa shape index (κ1) is 14.9. The molecule has 1 heterocycles. The van der Waals surface area contributed by atoms with E-state index in [-0.39, 0.29) is 5.56 Å². The van der Waals surface area contributed by atoms with Crippen molar-refractivity contribution in [3.8, 4) is 6.07 Å². The molecule has 6 heteroatoms. The van der Waals surface area contributed by atoms with Crippen LogP contribution in [0.1, 0.15) is 22.3 Å². The van der Waals surface area contributed by atoms with E-state index in [0.717, 1.165) is 23.3 Å². The first-order chi connectivity index (χ1) is 9.91. The largest absolute Gasteiger partial charge is 0.416 e. The summed E-state index contributed by atoms with van der Waals surface area (Å²) in [4.78, 5) is 3.99. The Hall–Kier alpha value is -2.55. The number of hydrogen-bond donors (Lipinski definition) is 1. The minimum atomic E-state index is -4.45. The van der Waals surface area contributed by atoms with Crippen LogP contribution in [0.3, 0.4) is 0 Å². The van der Waals surface area contributed by atoms with Gasteiger partial charge in [0.05, 0.1) is 16.8 Å². The van der Waals surface area contributed by atoms with Gasteiger partial charge in [0.2, 0.25) is 0 Å². The van der Waals surface area contributed by atoms with Gasteiger partial charge < -0.3 is 5.32 Å². The summed E-state index contributed by atoms with van der Waals surface area (Å²) in [6, 6.07) is 6.70. The van der Waals surface area contributed by atoms with E-state index in [0.29, 0.717) is 12.2 Å². The van der Waals surface area contributed by atoms with Crippen LogP contribution in [-0.2, 0) is 12.7 Å². The lowest BCUT2D eigenvalue weighted by atomic mass is 10.1. The second kappa shape index (κ2) is 5.83. The molecule has 2 rings (SSSR count). The summed E-state index contributed by atoms with van der Waals surface area (Å²) < 4.78 is 37.8. The lowest BCUT2D eigenvalue weighted by Crippen LogP contribution is -2.08. The van der Waals surface area contributed by atoms with Crippen molar-refractivity contribution >= 4 is 5.69 Å². The molecule has 1 aromatic carbocycles. The van der Waals surface area contributed by atoms with Gasteiger partial charge in [-0.25, -0.2) is 0 Å². The summed E-state index contributed by atoms with van der Waals surface area (Å²) in [5.74, 6) is 0. The minimum absolute atomic E-state index is 0.0358. The number of anilines is 1. The zero-order valence-electron chi connectivity index (χ0n) is 11.2. The predicted octanol–water partition coefficient (Wildman–Crippen LogP) is 3.89. The Labute approximate surface area is 120 Å². The highest BCUT2D eigenvalue weighted by Gasteiger charge is 2.31. The number of halogens is 3. The number of hydrogen-bond acceptors (Lipinski definition) is 3. The van der Waals surface area contributed by atoms with Crippen molar-refractivity contribution in [1.29, 1.82) is 5.26 Å². The van der Waals surface area contributed by atoms with E-state index in [1.165, 1.54) is 6.07 Å². The first-order valence-corrected chi connectivity index (χ1v) is 6.16. The summed E-state index contributed by atoms with van der Waals surface area (Å²) in [7, 11) is 0. The van der Waals surface area contributed by atoms with Crippen molar-refractivity contribution in [3.05, 3.63) is 58.9 Å². The van der Waals surface area contributed by atoms with Gasteiger partial charge in [-0.1, -0.05) is 0 Å². The monoisotopic (exact) mass is 291 g/mol. The van der Waals surface area contributed by atoms with Crippen LogP contribution in [0, 0.1) is 18.3 Å². The number of nitrogens with one attached hydrogen (secondary N) is 1. The van der Waals surface area contributed by atoms with Crippen molar-refractivity contribution in [2.45, 2.75) is 19.6 Å². The molecule has 0 atom stereocenters. The fraction of sp³-hybridized carbons (Fsp3) is 0.200. The molecule has 21 heavy (non-hydrogen) atoms. The quantitative estimate of drug-likeness (QED) is 0.933. The maximum absolute atomic E-state index is 12.6. The Kier molecular flexibility index (Phi) is 4.13. The highest BCUT2D eigenvalue weighted by molar-refractivity contribution is 5.59. The second-order valence-electron chi connectivity index (χ2n) is 4.53. The Balaban J connectivity index is 2.22. The third kappa shape index (κ3) is 3.51. The Morgan fingerprint density at radius 3 is 2.67 bits per heavy atom. The van der Waals surface area contributed by atoms with Crippen molar-refractivity contribution in [2.75, 3.05) is 5.32 Å². The van der Waals surface area contributed by atoms with E-state index in [9.17, 15) is 13.2 Å². The van der Waals surface area contributed by atoms with E-state index in [1.54, 1.807) is 18.5 Å². The summed E-state index contributed by atoms with van der Waals surface area (Å²) in [6.07, 6.45) is -1.11. The van der Waals surface area contributed by atoms with Gasteiger partial charge in [0.25, 0.3) is 0 Å². The SMILES string of the molecule is Cc1ccncc1CNc1ccc(C(F)(F)F)cc1C#N. The van der Waals surface area contributed by atoms with Crippen molar-refractivity contribution in [1.82, 2.24) is 4.98 Å². The summed E-state index contributed by atoms with van der Waals surface area (Å²) >= 11 is 0. The van der Waals surface area contributed by atoms with E-state index < -0.39 is 11.7 Å². The summed E-state index contributed by atoms with van der Waals surface area (Å²) in [5, 5.41) is 12.0. The number of aryl methyl sites for hydroxylation is 1. The van der Waals surface area contributed by atoms with Crippen LogP contribution in [0.4, 0.5) is 18.9 Å². The summed E-state index contributed by atoms with van der Waals surface area (Å²) in [6.45, 7) is 2.30. The van der Waals surface area contributed by atoms with Gasteiger partial charge in [0, 0.05) is 18.9 Å². The number of nitrogens with zero attached hydrogens (tertiary/aromatic N) is 2. The molecule has 0 aliphatic carbocycles. The van der Waals surface area contributed by atoms with Crippen molar-refractivity contribution in [2.24, 2.45) is 0 Å².